The largest absolute Gasteiger partial charge is 0.444 e. The average Bonchev–Trinajstić information content (AvgIpc) is 3.32. The Labute approximate surface area is 167 Å². The molecule has 0 saturated carbocycles. The van der Waals surface area contributed by atoms with E-state index in [0.29, 0.717) is 5.92 Å². The zero-order valence-electron chi connectivity index (χ0n) is 17.3. The molecule has 8 heteroatoms. The Balaban J connectivity index is 1.30. The minimum atomic E-state index is 0.673. The van der Waals surface area contributed by atoms with E-state index < -0.39 is 0 Å². The van der Waals surface area contributed by atoms with Gasteiger partial charge in [0.05, 0.1) is 12.2 Å². The fourth-order valence-electron chi connectivity index (χ4n) is 3.49. The highest BCUT2D eigenvalue weighted by atomic mass is 16.4. The van der Waals surface area contributed by atoms with Crippen LogP contribution in [0.2, 0.25) is 0 Å². The van der Waals surface area contributed by atoms with Gasteiger partial charge < -0.3 is 15.1 Å². The molecule has 1 aliphatic rings. The van der Waals surface area contributed by atoms with Crippen LogP contribution in [0.3, 0.4) is 0 Å². The van der Waals surface area contributed by atoms with Gasteiger partial charge in [0.1, 0.15) is 5.76 Å². The lowest BCUT2D eigenvalue weighted by Gasteiger charge is -2.31. The van der Waals surface area contributed by atoms with E-state index in [9.17, 15) is 0 Å². The number of piperidine rings is 1. The Hall–Kier alpha value is -2.35. The highest BCUT2D eigenvalue weighted by Crippen LogP contribution is 2.19. The molecule has 0 aliphatic carbocycles. The molecule has 2 aromatic heterocycles. The maximum atomic E-state index is 5.71. The normalized spacial score (nSPS) is 16.5. The highest BCUT2D eigenvalue weighted by Gasteiger charge is 2.21. The second-order valence-corrected chi connectivity index (χ2v) is 7.47. The molecular formula is C20H33N7O. The van der Waals surface area contributed by atoms with Gasteiger partial charge in [-0.1, -0.05) is 0 Å². The first-order valence-corrected chi connectivity index (χ1v) is 10.2. The van der Waals surface area contributed by atoms with Crippen molar-refractivity contribution < 1.29 is 4.42 Å². The van der Waals surface area contributed by atoms with Gasteiger partial charge in [-0.2, -0.15) is 5.10 Å². The van der Waals surface area contributed by atoms with Crippen molar-refractivity contribution >= 4 is 5.96 Å². The number of nitrogens with zero attached hydrogens (tertiary/aromatic N) is 5. The molecule has 1 aliphatic heterocycles. The molecule has 0 atom stereocenters. The molecule has 0 spiro atoms. The molecule has 0 aromatic carbocycles. The van der Waals surface area contributed by atoms with Crippen LogP contribution >= 0.6 is 0 Å². The van der Waals surface area contributed by atoms with Gasteiger partial charge in [-0.05, 0) is 58.2 Å². The van der Waals surface area contributed by atoms with Crippen LogP contribution in [0, 0.1) is 19.8 Å². The standard InChI is InChI=1S/C20H33N7O/c1-16-17(2)28-19(25-16)15-26-12-6-18(7-13-26)14-23-20(21-3)22-8-4-10-27-11-5-9-24-27/h5,9,11,18H,4,6-8,10,12-15H2,1-3H3,(H2,21,22,23). The van der Waals surface area contributed by atoms with Crippen molar-refractivity contribution in [2.24, 2.45) is 10.9 Å². The number of rotatable bonds is 8. The number of hydrogen-bond donors (Lipinski definition) is 2. The van der Waals surface area contributed by atoms with Gasteiger partial charge in [0, 0.05) is 39.1 Å². The fourth-order valence-corrected chi connectivity index (χ4v) is 3.49. The molecule has 1 fully saturated rings. The smallest absolute Gasteiger partial charge is 0.208 e. The highest BCUT2D eigenvalue weighted by molar-refractivity contribution is 5.79. The van der Waals surface area contributed by atoms with E-state index >= 15 is 0 Å². The van der Waals surface area contributed by atoms with Crippen molar-refractivity contribution in [1.29, 1.82) is 0 Å². The van der Waals surface area contributed by atoms with Crippen molar-refractivity contribution in [2.45, 2.75) is 46.2 Å². The van der Waals surface area contributed by atoms with Crippen LogP contribution in [-0.2, 0) is 13.1 Å². The first-order valence-electron chi connectivity index (χ1n) is 10.2. The van der Waals surface area contributed by atoms with Gasteiger partial charge in [-0.25, -0.2) is 4.98 Å². The molecule has 8 nitrogen and oxygen atoms in total. The second kappa shape index (κ2) is 10.3. The summed E-state index contributed by atoms with van der Waals surface area (Å²) < 4.78 is 7.66. The summed E-state index contributed by atoms with van der Waals surface area (Å²) in [7, 11) is 1.83. The van der Waals surface area contributed by atoms with Crippen molar-refractivity contribution in [2.75, 3.05) is 33.2 Å². The topological polar surface area (TPSA) is 83.5 Å². The maximum Gasteiger partial charge on any atom is 0.208 e. The fraction of sp³-hybridized carbons (Fsp3) is 0.650. The van der Waals surface area contributed by atoms with Crippen molar-refractivity contribution in [3.63, 3.8) is 0 Å². The van der Waals surface area contributed by atoms with Crippen LogP contribution in [0.25, 0.3) is 0 Å². The third-order valence-electron chi connectivity index (χ3n) is 5.34. The zero-order chi connectivity index (χ0) is 19.8. The lowest BCUT2D eigenvalue weighted by atomic mass is 9.97. The second-order valence-electron chi connectivity index (χ2n) is 7.47. The number of guanidine groups is 1. The zero-order valence-corrected chi connectivity index (χ0v) is 17.3. The van der Waals surface area contributed by atoms with Crippen LogP contribution < -0.4 is 10.6 Å². The van der Waals surface area contributed by atoms with E-state index in [4.69, 9.17) is 4.42 Å². The quantitative estimate of drug-likeness (QED) is 0.409. The Morgan fingerprint density at radius 2 is 2.11 bits per heavy atom. The van der Waals surface area contributed by atoms with Crippen LogP contribution in [0.1, 0.15) is 36.6 Å². The molecular weight excluding hydrogens is 354 g/mol. The summed E-state index contributed by atoms with van der Waals surface area (Å²) in [4.78, 5) is 11.3. The molecule has 0 amide bonds. The van der Waals surface area contributed by atoms with E-state index in [1.54, 1.807) is 0 Å². The van der Waals surface area contributed by atoms with Crippen LogP contribution in [0.15, 0.2) is 27.9 Å². The number of aliphatic imine (C=N–C) groups is 1. The van der Waals surface area contributed by atoms with Crippen LogP contribution in [-0.4, -0.2) is 58.9 Å². The molecule has 28 heavy (non-hydrogen) atoms. The lowest BCUT2D eigenvalue weighted by Crippen LogP contribution is -2.43. The average molecular weight is 388 g/mol. The van der Waals surface area contributed by atoms with E-state index in [1.807, 2.05) is 44.0 Å². The van der Waals surface area contributed by atoms with Crippen molar-refractivity contribution in [3.05, 3.63) is 35.8 Å². The van der Waals surface area contributed by atoms with Gasteiger partial charge in [0.25, 0.3) is 0 Å². The number of hydrogen-bond acceptors (Lipinski definition) is 5. The number of aryl methyl sites for hydroxylation is 3. The minimum Gasteiger partial charge on any atom is -0.444 e. The van der Waals surface area contributed by atoms with E-state index in [2.05, 4.69) is 30.6 Å². The van der Waals surface area contributed by atoms with E-state index in [-0.39, 0.29) is 0 Å². The molecule has 0 radical (unpaired) electrons. The van der Waals surface area contributed by atoms with Crippen molar-refractivity contribution in [3.8, 4) is 0 Å². The third-order valence-corrected chi connectivity index (χ3v) is 5.34. The number of aromatic nitrogens is 3. The van der Waals surface area contributed by atoms with Gasteiger partial charge in [-0.3, -0.25) is 14.6 Å². The summed E-state index contributed by atoms with van der Waals surface area (Å²) in [6.07, 6.45) is 7.18. The number of oxazole rings is 1. The summed E-state index contributed by atoms with van der Waals surface area (Å²) in [5.41, 5.74) is 0.998. The van der Waals surface area contributed by atoms with Gasteiger partial charge in [-0.15, -0.1) is 0 Å². The van der Waals surface area contributed by atoms with Crippen LogP contribution in [0.5, 0.6) is 0 Å². The summed E-state index contributed by atoms with van der Waals surface area (Å²) in [5.74, 6) is 3.32. The summed E-state index contributed by atoms with van der Waals surface area (Å²) in [6, 6.07) is 1.95. The monoisotopic (exact) mass is 387 g/mol. The molecule has 3 heterocycles. The lowest BCUT2D eigenvalue weighted by molar-refractivity contribution is 0.164. The molecule has 2 aromatic rings. The summed E-state index contributed by atoms with van der Waals surface area (Å²) in [5, 5.41) is 11.1. The Morgan fingerprint density at radius 3 is 2.75 bits per heavy atom. The summed E-state index contributed by atoms with van der Waals surface area (Å²) in [6.45, 7) is 9.72. The molecule has 154 valence electrons. The summed E-state index contributed by atoms with van der Waals surface area (Å²) >= 11 is 0. The number of nitrogens with one attached hydrogen (secondary N) is 2. The predicted molar refractivity (Wildman–Crippen MR) is 110 cm³/mol. The Bertz CT molecular complexity index is 710. The van der Waals surface area contributed by atoms with E-state index in [0.717, 1.165) is 69.0 Å². The first kappa shape index (κ1) is 20.4. The molecule has 0 bridgehead atoms. The van der Waals surface area contributed by atoms with E-state index in [1.165, 1.54) is 12.8 Å². The van der Waals surface area contributed by atoms with Gasteiger partial charge in [0.2, 0.25) is 5.89 Å². The molecule has 1 saturated heterocycles. The maximum absolute atomic E-state index is 5.71. The minimum absolute atomic E-state index is 0.673. The third kappa shape index (κ3) is 6.09. The first-order chi connectivity index (χ1) is 13.6. The predicted octanol–water partition coefficient (Wildman–Crippen LogP) is 1.96. The van der Waals surface area contributed by atoms with Gasteiger partial charge >= 0.3 is 0 Å². The Kier molecular flexibility index (Phi) is 7.47. The van der Waals surface area contributed by atoms with Crippen LogP contribution in [0.4, 0.5) is 0 Å². The van der Waals surface area contributed by atoms with Gasteiger partial charge in [0.15, 0.2) is 5.96 Å². The molecule has 2 N–H and O–H groups in total. The Morgan fingerprint density at radius 1 is 1.29 bits per heavy atom. The van der Waals surface area contributed by atoms with Crippen molar-refractivity contribution in [1.82, 2.24) is 30.3 Å². The molecule has 3 rings (SSSR count). The number of likely N-dealkylation sites (tertiary alicyclic amines) is 1. The SMILES string of the molecule is CN=C(NCCCn1cccn1)NCC1CCN(Cc2nc(C)c(C)o2)CC1. The molecule has 0 unspecified atom stereocenters.